The number of ether oxygens (including phenoxy) is 1. The third-order valence-electron chi connectivity index (χ3n) is 3.26. The molecule has 1 unspecified atom stereocenters. The summed E-state index contributed by atoms with van der Waals surface area (Å²) < 4.78 is 10.9. The molecule has 0 aliphatic carbocycles. The molecular weight excluding hydrogens is 266 g/mol. The van der Waals surface area contributed by atoms with E-state index >= 15 is 0 Å². The van der Waals surface area contributed by atoms with Crippen LogP contribution in [0.5, 0.6) is 0 Å². The molecule has 1 heterocycles. The van der Waals surface area contributed by atoms with E-state index in [0.29, 0.717) is 18.3 Å². The second kappa shape index (κ2) is 6.37. The summed E-state index contributed by atoms with van der Waals surface area (Å²) in [7, 11) is 0. The predicted molar refractivity (Wildman–Crippen MR) is 81.7 cm³/mol. The Morgan fingerprint density at radius 3 is 2.52 bits per heavy atom. The molecule has 1 atom stereocenters. The van der Waals surface area contributed by atoms with Gasteiger partial charge in [-0.2, -0.15) is 4.98 Å². The molecule has 21 heavy (non-hydrogen) atoms. The molecule has 0 radical (unpaired) electrons. The largest absolute Gasteiger partial charge is 0.376 e. The van der Waals surface area contributed by atoms with Crippen LogP contribution in [0.2, 0.25) is 0 Å². The fourth-order valence-corrected chi connectivity index (χ4v) is 1.86. The summed E-state index contributed by atoms with van der Waals surface area (Å²) in [6, 6.07) is 8.08. The van der Waals surface area contributed by atoms with Gasteiger partial charge in [0.2, 0.25) is 0 Å². The Bertz CT molecular complexity index is 573. The smallest absolute Gasteiger partial charge is 0.257 e. The molecule has 0 aliphatic rings. The molecule has 0 aliphatic heterocycles. The van der Waals surface area contributed by atoms with E-state index < -0.39 is 5.54 Å². The number of nitrogens with two attached hydrogens (primary N) is 1. The van der Waals surface area contributed by atoms with E-state index in [0.717, 1.165) is 12.0 Å². The molecule has 5 nitrogen and oxygen atoms in total. The standard InChI is InChI=1S/C16H23N3O2/c1-5-12-6-8-13(9-7-12)14-18-15(19-21-14)16(4,17)10-20-11(2)3/h6-9,11H,5,10,17H2,1-4H3. The molecule has 0 saturated heterocycles. The highest BCUT2D eigenvalue weighted by Gasteiger charge is 2.28. The second-order valence-corrected chi connectivity index (χ2v) is 5.75. The number of hydrogen-bond acceptors (Lipinski definition) is 5. The summed E-state index contributed by atoms with van der Waals surface area (Å²) in [5, 5.41) is 3.99. The van der Waals surface area contributed by atoms with Crippen molar-refractivity contribution in [3.05, 3.63) is 35.7 Å². The van der Waals surface area contributed by atoms with Crippen molar-refractivity contribution in [2.75, 3.05) is 6.61 Å². The minimum absolute atomic E-state index is 0.112. The zero-order chi connectivity index (χ0) is 15.5. The van der Waals surface area contributed by atoms with Crippen LogP contribution in [0.4, 0.5) is 0 Å². The fraction of sp³-hybridized carbons (Fsp3) is 0.500. The number of benzene rings is 1. The molecule has 0 amide bonds. The maximum absolute atomic E-state index is 6.21. The van der Waals surface area contributed by atoms with Gasteiger partial charge < -0.3 is 15.0 Å². The van der Waals surface area contributed by atoms with Gasteiger partial charge in [-0.15, -0.1) is 0 Å². The Kier molecular flexibility index (Phi) is 4.75. The highest BCUT2D eigenvalue weighted by atomic mass is 16.5. The molecule has 0 saturated carbocycles. The van der Waals surface area contributed by atoms with E-state index in [1.807, 2.05) is 32.9 Å². The first-order valence-electron chi connectivity index (χ1n) is 7.26. The summed E-state index contributed by atoms with van der Waals surface area (Å²) in [4.78, 5) is 4.40. The van der Waals surface area contributed by atoms with Crippen molar-refractivity contribution in [1.29, 1.82) is 0 Å². The SMILES string of the molecule is CCc1ccc(-c2nc(C(C)(N)COC(C)C)no2)cc1. The lowest BCUT2D eigenvalue weighted by Gasteiger charge is -2.21. The zero-order valence-corrected chi connectivity index (χ0v) is 13.1. The topological polar surface area (TPSA) is 74.2 Å². The monoisotopic (exact) mass is 289 g/mol. The van der Waals surface area contributed by atoms with Crippen LogP contribution < -0.4 is 5.73 Å². The Balaban J connectivity index is 2.16. The van der Waals surface area contributed by atoms with Crippen LogP contribution in [0.3, 0.4) is 0 Å². The Morgan fingerprint density at radius 2 is 1.95 bits per heavy atom. The summed E-state index contributed by atoms with van der Waals surface area (Å²) in [5.41, 5.74) is 7.61. The zero-order valence-electron chi connectivity index (χ0n) is 13.1. The number of aryl methyl sites for hydroxylation is 1. The number of rotatable bonds is 6. The van der Waals surface area contributed by atoms with Crippen LogP contribution in [-0.2, 0) is 16.7 Å². The quantitative estimate of drug-likeness (QED) is 0.885. The third-order valence-corrected chi connectivity index (χ3v) is 3.26. The first kappa shape index (κ1) is 15.7. The lowest BCUT2D eigenvalue weighted by atomic mass is 10.0. The minimum Gasteiger partial charge on any atom is -0.376 e. The van der Waals surface area contributed by atoms with Gasteiger partial charge in [0, 0.05) is 5.56 Å². The highest BCUT2D eigenvalue weighted by molar-refractivity contribution is 5.53. The highest BCUT2D eigenvalue weighted by Crippen LogP contribution is 2.22. The molecule has 2 rings (SSSR count). The fourth-order valence-electron chi connectivity index (χ4n) is 1.86. The first-order valence-corrected chi connectivity index (χ1v) is 7.26. The average Bonchev–Trinajstić information content (AvgIpc) is 2.96. The van der Waals surface area contributed by atoms with Crippen LogP contribution in [0.15, 0.2) is 28.8 Å². The maximum Gasteiger partial charge on any atom is 0.257 e. The molecule has 0 fully saturated rings. The van der Waals surface area contributed by atoms with Gasteiger partial charge in [0.05, 0.1) is 12.7 Å². The van der Waals surface area contributed by atoms with Gasteiger partial charge in [-0.3, -0.25) is 0 Å². The summed E-state index contributed by atoms with van der Waals surface area (Å²) in [5.74, 6) is 0.937. The lowest BCUT2D eigenvalue weighted by molar-refractivity contribution is 0.0410. The van der Waals surface area contributed by atoms with Gasteiger partial charge in [-0.25, -0.2) is 0 Å². The summed E-state index contributed by atoms with van der Waals surface area (Å²) in [6.07, 6.45) is 1.11. The lowest BCUT2D eigenvalue weighted by Crippen LogP contribution is -2.40. The van der Waals surface area contributed by atoms with Crippen LogP contribution in [0, 0.1) is 0 Å². The van der Waals surface area contributed by atoms with Gasteiger partial charge in [0.25, 0.3) is 5.89 Å². The van der Waals surface area contributed by atoms with E-state index in [4.69, 9.17) is 15.0 Å². The maximum atomic E-state index is 6.21. The van der Waals surface area contributed by atoms with Crippen molar-refractivity contribution < 1.29 is 9.26 Å². The Morgan fingerprint density at radius 1 is 1.29 bits per heavy atom. The Hall–Kier alpha value is -1.72. The normalized spacial score (nSPS) is 14.4. The third kappa shape index (κ3) is 3.89. The summed E-state index contributed by atoms with van der Waals surface area (Å²) >= 11 is 0. The molecule has 5 heteroatoms. The number of nitrogens with zero attached hydrogens (tertiary/aromatic N) is 2. The van der Waals surface area contributed by atoms with Crippen LogP contribution >= 0.6 is 0 Å². The number of aromatic nitrogens is 2. The average molecular weight is 289 g/mol. The second-order valence-electron chi connectivity index (χ2n) is 5.75. The van der Waals surface area contributed by atoms with Crippen molar-refractivity contribution in [2.24, 2.45) is 5.73 Å². The molecule has 2 aromatic rings. The van der Waals surface area contributed by atoms with E-state index in [1.54, 1.807) is 0 Å². The van der Waals surface area contributed by atoms with E-state index in [1.165, 1.54) is 5.56 Å². The predicted octanol–water partition coefficient (Wildman–Crippen LogP) is 2.90. The first-order chi connectivity index (χ1) is 9.92. The van der Waals surface area contributed by atoms with Gasteiger partial charge in [0.1, 0.15) is 5.54 Å². The Labute approximate surface area is 125 Å². The van der Waals surface area contributed by atoms with Crippen molar-refractivity contribution >= 4 is 0 Å². The molecular formula is C16H23N3O2. The van der Waals surface area contributed by atoms with Crippen molar-refractivity contribution in [1.82, 2.24) is 10.1 Å². The summed E-state index contributed by atoms with van der Waals surface area (Å²) in [6.45, 7) is 8.23. The molecule has 0 spiro atoms. The molecule has 1 aromatic carbocycles. The van der Waals surface area contributed by atoms with Gasteiger partial charge in [0.15, 0.2) is 5.82 Å². The van der Waals surface area contributed by atoms with Crippen LogP contribution in [-0.4, -0.2) is 22.9 Å². The molecule has 2 N–H and O–H groups in total. The molecule has 114 valence electrons. The number of hydrogen-bond donors (Lipinski definition) is 1. The van der Waals surface area contributed by atoms with E-state index in [2.05, 4.69) is 29.2 Å². The van der Waals surface area contributed by atoms with Gasteiger partial charge >= 0.3 is 0 Å². The van der Waals surface area contributed by atoms with Gasteiger partial charge in [-0.05, 0) is 44.9 Å². The van der Waals surface area contributed by atoms with E-state index in [9.17, 15) is 0 Å². The molecule has 0 bridgehead atoms. The van der Waals surface area contributed by atoms with Crippen molar-refractivity contribution in [3.63, 3.8) is 0 Å². The van der Waals surface area contributed by atoms with Gasteiger partial charge in [-0.1, -0.05) is 24.2 Å². The van der Waals surface area contributed by atoms with E-state index in [-0.39, 0.29) is 6.10 Å². The molecule has 1 aromatic heterocycles. The van der Waals surface area contributed by atoms with Crippen molar-refractivity contribution in [2.45, 2.75) is 45.8 Å². The van der Waals surface area contributed by atoms with Crippen LogP contribution in [0.25, 0.3) is 11.5 Å². The minimum atomic E-state index is -0.768. The van der Waals surface area contributed by atoms with Crippen LogP contribution in [0.1, 0.15) is 39.1 Å². The van der Waals surface area contributed by atoms with Crippen molar-refractivity contribution in [3.8, 4) is 11.5 Å².